The molecule has 0 radical (unpaired) electrons. The monoisotopic (exact) mass is 546 g/mol. The molecule has 0 aliphatic heterocycles. The van der Waals surface area contributed by atoms with Crippen LogP contribution in [-0.4, -0.2) is 0 Å². The Bertz CT molecular complexity index is 2440. The molecule has 9 aromatic rings. The maximum absolute atomic E-state index is 6.26. The van der Waals surface area contributed by atoms with Gasteiger partial charge in [0.2, 0.25) is 0 Å². The molecule has 9 rings (SSSR count). The molecule has 200 valence electrons. The van der Waals surface area contributed by atoms with Gasteiger partial charge in [-0.3, -0.25) is 0 Å². The number of furan rings is 1. The maximum atomic E-state index is 6.26. The fourth-order valence-electron chi connectivity index (χ4n) is 7.09. The Labute approximate surface area is 249 Å². The number of hydrogen-bond donors (Lipinski definition) is 0. The molecule has 1 aromatic heterocycles. The van der Waals surface area contributed by atoms with E-state index in [9.17, 15) is 0 Å². The first-order valence-corrected chi connectivity index (χ1v) is 14.8. The number of para-hydroxylation sites is 1. The zero-order chi connectivity index (χ0) is 28.3. The van der Waals surface area contributed by atoms with E-state index in [1.807, 2.05) is 6.07 Å². The topological polar surface area (TPSA) is 13.1 Å². The molecule has 0 unspecified atom stereocenters. The van der Waals surface area contributed by atoms with Gasteiger partial charge < -0.3 is 4.42 Å². The zero-order valence-corrected chi connectivity index (χ0v) is 23.4. The van der Waals surface area contributed by atoms with Crippen molar-refractivity contribution in [3.8, 4) is 33.4 Å². The third-order valence-electron chi connectivity index (χ3n) is 8.88. The van der Waals surface area contributed by atoms with Gasteiger partial charge in [0.15, 0.2) is 0 Å². The molecule has 1 heteroatoms. The van der Waals surface area contributed by atoms with Crippen LogP contribution in [0.5, 0.6) is 0 Å². The quantitative estimate of drug-likeness (QED) is 0.201. The number of fused-ring (bicyclic) bond motifs is 6. The molecule has 0 aliphatic rings. The highest BCUT2D eigenvalue weighted by Crippen LogP contribution is 2.47. The molecular formula is C42H26O. The van der Waals surface area contributed by atoms with E-state index in [2.05, 4.69) is 152 Å². The third-order valence-corrected chi connectivity index (χ3v) is 8.88. The Morgan fingerprint density at radius 1 is 0.279 bits per heavy atom. The summed E-state index contributed by atoms with van der Waals surface area (Å²) in [6.07, 6.45) is 0. The highest BCUT2D eigenvalue weighted by Gasteiger charge is 2.20. The van der Waals surface area contributed by atoms with Gasteiger partial charge in [0.25, 0.3) is 0 Å². The standard InChI is InChI=1S/C42H26O/c1-2-13-27(14-3-1)40-32-17-6-8-19-34(32)41(35-20-9-7-18-33(35)40)36-26-25-30(28-15-4-5-16-29(28)36)31-22-12-24-39-42(31)37-21-10-11-23-38(37)43-39/h1-26H. The summed E-state index contributed by atoms with van der Waals surface area (Å²) in [5, 5.41) is 9.86. The Morgan fingerprint density at radius 3 is 1.44 bits per heavy atom. The van der Waals surface area contributed by atoms with E-state index in [4.69, 9.17) is 4.42 Å². The molecule has 1 heterocycles. The average molecular weight is 547 g/mol. The fourth-order valence-corrected chi connectivity index (χ4v) is 7.09. The molecule has 0 saturated carbocycles. The Morgan fingerprint density at radius 2 is 0.767 bits per heavy atom. The van der Waals surface area contributed by atoms with Gasteiger partial charge in [-0.2, -0.15) is 0 Å². The molecular weight excluding hydrogens is 520 g/mol. The van der Waals surface area contributed by atoms with Crippen LogP contribution in [0.15, 0.2) is 162 Å². The van der Waals surface area contributed by atoms with Crippen LogP contribution in [0.1, 0.15) is 0 Å². The van der Waals surface area contributed by atoms with Gasteiger partial charge in [-0.25, -0.2) is 0 Å². The van der Waals surface area contributed by atoms with E-state index >= 15 is 0 Å². The van der Waals surface area contributed by atoms with Gasteiger partial charge in [0.05, 0.1) is 0 Å². The Hall–Kier alpha value is -5.66. The van der Waals surface area contributed by atoms with E-state index in [1.165, 1.54) is 71.1 Å². The smallest absolute Gasteiger partial charge is 0.136 e. The number of benzene rings is 8. The van der Waals surface area contributed by atoms with Crippen molar-refractivity contribution in [2.75, 3.05) is 0 Å². The van der Waals surface area contributed by atoms with Crippen LogP contribution in [0.3, 0.4) is 0 Å². The van der Waals surface area contributed by atoms with Gasteiger partial charge >= 0.3 is 0 Å². The minimum atomic E-state index is 0.917. The lowest BCUT2D eigenvalue weighted by molar-refractivity contribution is 0.669. The van der Waals surface area contributed by atoms with Crippen molar-refractivity contribution >= 4 is 54.3 Å². The predicted octanol–water partition coefficient (Wildman–Crippen LogP) is 12.0. The fraction of sp³-hybridized carbons (Fsp3) is 0. The highest BCUT2D eigenvalue weighted by molar-refractivity contribution is 6.24. The van der Waals surface area contributed by atoms with Crippen molar-refractivity contribution in [2.24, 2.45) is 0 Å². The summed E-state index contributed by atoms with van der Waals surface area (Å²) in [7, 11) is 0. The summed E-state index contributed by atoms with van der Waals surface area (Å²) < 4.78 is 6.26. The molecule has 0 saturated heterocycles. The third kappa shape index (κ3) is 3.58. The summed E-state index contributed by atoms with van der Waals surface area (Å²) in [5.41, 5.74) is 9.29. The highest BCUT2D eigenvalue weighted by atomic mass is 16.3. The van der Waals surface area contributed by atoms with E-state index in [-0.39, 0.29) is 0 Å². The molecule has 0 N–H and O–H groups in total. The van der Waals surface area contributed by atoms with Crippen LogP contribution in [0.2, 0.25) is 0 Å². The Balaban J connectivity index is 1.38. The second-order valence-electron chi connectivity index (χ2n) is 11.2. The van der Waals surface area contributed by atoms with Gasteiger partial charge in [-0.15, -0.1) is 0 Å². The van der Waals surface area contributed by atoms with E-state index < -0.39 is 0 Å². The predicted molar refractivity (Wildman–Crippen MR) is 183 cm³/mol. The van der Waals surface area contributed by atoms with Gasteiger partial charge in [-0.1, -0.05) is 146 Å². The molecule has 0 spiro atoms. The lowest BCUT2D eigenvalue weighted by atomic mass is 9.83. The summed E-state index contributed by atoms with van der Waals surface area (Å²) in [6.45, 7) is 0. The largest absolute Gasteiger partial charge is 0.456 e. The summed E-state index contributed by atoms with van der Waals surface area (Å²) in [5.74, 6) is 0. The normalized spacial score (nSPS) is 11.7. The zero-order valence-electron chi connectivity index (χ0n) is 23.4. The van der Waals surface area contributed by atoms with Gasteiger partial charge in [0, 0.05) is 10.8 Å². The SMILES string of the molecule is c1ccc(-c2c3ccccc3c(-c3ccc(-c4cccc5oc6ccccc6c45)c4ccccc34)c3ccccc23)cc1. The van der Waals surface area contributed by atoms with Crippen molar-refractivity contribution < 1.29 is 4.42 Å². The summed E-state index contributed by atoms with van der Waals surface area (Å²) in [4.78, 5) is 0. The summed E-state index contributed by atoms with van der Waals surface area (Å²) >= 11 is 0. The first-order chi connectivity index (χ1) is 21.4. The summed E-state index contributed by atoms with van der Waals surface area (Å²) in [6, 6.07) is 56.8. The van der Waals surface area contributed by atoms with Crippen molar-refractivity contribution in [3.63, 3.8) is 0 Å². The molecule has 0 amide bonds. The van der Waals surface area contributed by atoms with Crippen LogP contribution in [0.4, 0.5) is 0 Å². The van der Waals surface area contributed by atoms with Crippen LogP contribution < -0.4 is 0 Å². The van der Waals surface area contributed by atoms with Gasteiger partial charge in [0.1, 0.15) is 11.2 Å². The first kappa shape index (κ1) is 24.0. The molecule has 0 bridgehead atoms. The average Bonchev–Trinajstić information content (AvgIpc) is 3.46. The first-order valence-electron chi connectivity index (χ1n) is 14.8. The van der Waals surface area contributed by atoms with E-state index in [0.29, 0.717) is 0 Å². The molecule has 43 heavy (non-hydrogen) atoms. The number of rotatable bonds is 3. The van der Waals surface area contributed by atoms with Gasteiger partial charge in [-0.05, 0) is 77.8 Å². The van der Waals surface area contributed by atoms with Crippen molar-refractivity contribution in [1.29, 1.82) is 0 Å². The van der Waals surface area contributed by atoms with Crippen LogP contribution in [-0.2, 0) is 0 Å². The molecule has 0 fully saturated rings. The molecule has 0 aliphatic carbocycles. The minimum absolute atomic E-state index is 0.917. The van der Waals surface area contributed by atoms with Crippen LogP contribution in [0, 0.1) is 0 Å². The minimum Gasteiger partial charge on any atom is -0.456 e. The van der Waals surface area contributed by atoms with E-state index in [0.717, 1.165) is 16.6 Å². The molecule has 1 nitrogen and oxygen atoms in total. The lowest BCUT2D eigenvalue weighted by Gasteiger charge is -2.19. The second kappa shape index (κ2) is 9.44. The van der Waals surface area contributed by atoms with Crippen molar-refractivity contribution in [1.82, 2.24) is 0 Å². The van der Waals surface area contributed by atoms with Crippen LogP contribution >= 0.6 is 0 Å². The molecule has 8 aromatic carbocycles. The Kier molecular flexibility index (Phi) is 5.27. The number of hydrogen-bond acceptors (Lipinski definition) is 1. The second-order valence-corrected chi connectivity index (χ2v) is 11.2. The van der Waals surface area contributed by atoms with Crippen LogP contribution in [0.25, 0.3) is 87.6 Å². The van der Waals surface area contributed by atoms with Crippen molar-refractivity contribution in [2.45, 2.75) is 0 Å². The van der Waals surface area contributed by atoms with Crippen molar-refractivity contribution in [3.05, 3.63) is 158 Å². The maximum Gasteiger partial charge on any atom is 0.136 e. The lowest BCUT2D eigenvalue weighted by Crippen LogP contribution is -1.92. The molecule has 0 atom stereocenters. The van der Waals surface area contributed by atoms with E-state index in [1.54, 1.807) is 0 Å².